The van der Waals surface area contributed by atoms with Gasteiger partial charge in [-0.3, -0.25) is 4.79 Å². The molecule has 5 heterocycles. The van der Waals surface area contributed by atoms with Crippen molar-refractivity contribution in [2.24, 2.45) is 23.7 Å². The molecule has 59 heavy (non-hydrogen) atoms. The third-order valence-corrected chi connectivity index (χ3v) is 11.6. The van der Waals surface area contributed by atoms with Crippen LogP contribution in [-0.4, -0.2) is 183 Å². The number of carbonyl (C=O) groups excluding carboxylic acids is 4. The molecule has 0 aromatic rings. The van der Waals surface area contributed by atoms with Crippen molar-refractivity contribution in [1.29, 1.82) is 0 Å². The molecule has 23 heteroatoms. The van der Waals surface area contributed by atoms with Crippen LogP contribution in [-0.2, 0) is 61.8 Å². The first-order chi connectivity index (χ1) is 28.1. The van der Waals surface area contributed by atoms with Crippen LogP contribution in [0, 0.1) is 23.7 Å². The average Bonchev–Trinajstić information content (AvgIpc) is 3.86. The lowest BCUT2D eigenvalue weighted by Gasteiger charge is -2.43. The minimum absolute atomic E-state index is 0.189. The van der Waals surface area contributed by atoms with Gasteiger partial charge < -0.3 is 88.2 Å². The predicted molar refractivity (Wildman–Crippen MR) is 187 cm³/mol. The quantitative estimate of drug-likeness (QED) is 0.0533. The second kappa shape index (κ2) is 17.7. The topological polar surface area (TPSA) is 322 Å². The van der Waals surface area contributed by atoms with E-state index in [1.165, 1.54) is 19.3 Å². The molecule has 22 nitrogen and oxygen atoms in total. The predicted octanol–water partition coefficient (Wildman–Crippen LogP) is -3.66. The number of ether oxygens (including phenoxy) is 10. The SMILES string of the molecule is CSC(=O)OCC1=C[C@H](O)[C@@H]2C(C(=O)OC[C@H]3O[C@@H](O[C@@H]4OC=C5C(=O)O[C@H]6C=C(COC(C)=O)[C@@H]4[C@@H]56)[C@H](O)[C@@H](O)[C@@H]3O)=CO[C@@H](O[C@@H]3O[C@H](CO)[C@@H](O)[C@H](O)[C@H]3O)[C@H]12. The molecule has 0 unspecified atom stereocenters. The molecule has 3 saturated heterocycles. The number of aliphatic hydroxyl groups is 8. The summed E-state index contributed by atoms with van der Waals surface area (Å²) in [6.45, 7) is -0.878. The normalized spacial score (nSPS) is 42.1. The van der Waals surface area contributed by atoms with Crippen LogP contribution in [0.3, 0.4) is 0 Å². The smallest absolute Gasteiger partial charge is 0.367 e. The van der Waals surface area contributed by atoms with E-state index < -0.39 is 153 Å². The molecule has 0 aromatic heterocycles. The maximum atomic E-state index is 13.7. The molecule has 2 aliphatic carbocycles. The van der Waals surface area contributed by atoms with E-state index in [2.05, 4.69) is 0 Å². The van der Waals surface area contributed by atoms with Crippen molar-refractivity contribution < 1.29 is 107 Å². The number of fused-ring (bicyclic) bond motifs is 1. The summed E-state index contributed by atoms with van der Waals surface area (Å²) in [5.74, 6) is -5.96. The lowest BCUT2D eigenvalue weighted by Crippen LogP contribution is -2.60. The summed E-state index contributed by atoms with van der Waals surface area (Å²) >= 11 is 0.769. The Labute approximate surface area is 338 Å². The van der Waals surface area contributed by atoms with Crippen LogP contribution in [0.15, 0.2) is 47.0 Å². The minimum atomic E-state index is -1.90. The molecule has 326 valence electrons. The molecular weight excluding hydrogens is 816 g/mol. The van der Waals surface area contributed by atoms with E-state index >= 15 is 0 Å². The maximum absolute atomic E-state index is 13.7. The Hall–Kier alpha value is -3.69. The molecule has 0 spiro atoms. The average molecular weight is 861 g/mol. The molecule has 0 amide bonds. The Balaban J connectivity index is 1.05. The Morgan fingerprint density at radius 1 is 0.695 bits per heavy atom. The summed E-state index contributed by atoms with van der Waals surface area (Å²) in [7, 11) is 0. The van der Waals surface area contributed by atoms with Crippen LogP contribution in [0.25, 0.3) is 0 Å². The number of carbonyl (C=O) groups is 4. The second-order valence-electron chi connectivity index (χ2n) is 14.7. The van der Waals surface area contributed by atoms with Crippen molar-refractivity contribution >= 4 is 35.0 Å². The van der Waals surface area contributed by atoms with Gasteiger partial charge in [-0.15, -0.1) is 0 Å². The minimum Gasteiger partial charge on any atom is -0.471 e. The first-order valence-electron chi connectivity index (χ1n) is 18.5. The van der Waals surface area contributed by atoms with Crippen molar-refractivity contribution in [3.63, 3.8) is 0 Å². The van der Waals surface area contributed by atoms with Gasteiger partial charge in [0, 0.05) is 18.8 Å². The van der Waals surface area contributed by atoms with Crippen LogP contribution in [0.5, 0.6) is 0 Å². The zero-order valence-electron chi connectivity index (χ0n) is 31.2. The molecule has 5 aliphatic heterocycles. The van der Waals surface area contributed by atoms with Crippen LogP contribution >= 0.6 is 11.8 Å². The van der Waals surface area contributed by atoms with E-state index in [4.69, 9.17) is 47.4 Å². The summed E-state index contributed by atoms with van der Waals surface area (Å²) in [5.41, 5.74) is 0.656. The van der Waals surface area contributed by atoms with E-state index in [0.29, 0.717) is 5.57 Å². The van der Waals surface area contributed by atoms with Crippen LogP contribution in [0.4, 0.5) is 4.79 Å². The molecular formula is C36H44O22S. The summed E-state index contributed by atoms with van der Waals surface area (Å²) in [4.78, 5) is 49.7. The van der Waals surface area contributed by atoms with E-state index in [1.54, 1.807) is 6.08 Å². The van der Waals surface area contributed by atoms with E-state index in [-0.39, 0.29) is 23.3 Å². The summed E-state index contributed by atoms with van der Waals surface area (Å²) in [5, 5.41) is 83.8. The Morgan fingerprint density at radius 2 is 1.27 bits per heavy atom. The van der Waals surface area contributed by atoms with Gasteiger partial charge in [0.05, 0.1) is 48.2 Å². The number of thioether (sulfide) groups is 1. The molecule has 8 N–H and O–H groups in total. The van der Waals surface area contributed by atoms with Crippen molar-refractivity contribution in [2.45, 2.75) is 93.1 Å². The first-order valence-corrected chi connectivity index (χ1v) is 19.7. The van der Waals surface area contributed by atoms with Gasteiger partial charge in [0.2, 0.25) is 12.6 Å². The molecule has 7 rings (SSSR count). The highest BCUT2D eigenvalue weighted by Crippen LogP contribution is 2.50. The summed E-state index contributed by atoms with van der Waals surface area (Å²) < 4.78 is 55.8. The lowest BCUT2D eigenvalue weighted by molar-refractivity contribution is -0.340. The van der Waals surface area contributed by atoms with Crippen LogP contribution in [0.2, 0.25) is 0 Å². The summed E-state index contributed by atoms with van der Waals surface area (Å²) in [6, 6.07) is 0. The monoisotopic (exact) mass is 860 g/mol. The van der Waals surface area contributed by atoms with Crippen molar-refractivity contribution in [3.05, 3.63) is 47.0 Å². The van der Waals surface area contributed by atoms with Gasteiger partial charge in [-0.1, -0.05) is 6.08 Å². The van der Waals surface area contributed by atoms with Gasteiger partial charge in [0.15, 0.2) is 12.6 Å². The molecule has 0 aromatic carbocycles. The van der Waals surface area contributed by atoms with Crippen LogP contribution in [0.1, 0.15) is 6.92 Å². The molecule has 0 radical (unpaired) electrons. The van der Waals surface area contributed by atoms with Crippen molar-refractivity contribution in [1.82, 2.24) is 0 Å². The third kappa shape index (κ3) is 8.36. The molecule has 7 aliphatic rings. The fraction of sp³-hybridized carbons (Fsp3) is 0.667. The fourth-order valence-electron chi connectivity index (χ4n) is 8.21. The lowest BCUT2D eigenvalue weighted by atomic mass is 9.82. The third-order valence-electron chi connectivity index (χ3n) is 11.2. The van der Waals surface area contributed by atoms with E-state index in [1.807, 2.05) is 0 Å². The first kappa shape index (κ1) is 43.4. The molecule has 18 atom stereocenters. The largest absolute Gasteiger partial charge is 0.471 e. The van der Waals surface area contributed by atoms with Crippen molar-refractivity contribution in [2.75, 3.05) is 32.7 Å². The van der Waals surface area contributed by atoms with Crippen LogP contribution < -0.4 is 0 Å². The van der Waals surface area contributed by atoms with Gasteiger partial charge >= 0.3 is 23.2 Å². The highest BCUT2D eigenvalue weighted by atomic mass is 32.2. The van der Waals surface area contributed by atoms with Gasteiger partial charge in [-0.05, 0) is 35.2 Å². The number of rotatable bonds is 12. The summed E-state index contributed by atoms with van der Waals surface area (Å²) in [6.07, 6.45) is -15.6. The molecule has 0 saturated carbocycles. The van der Waals surface area contributed by atoms with E-state index in [9.17, 15) is 60.0 Å². The number of esters is 3. The van der Waals surface area contributed by atoms with Gasteiger partial charge in [-0.25, -0.2) is 14.4 Å². The highest BCUT2D eigenvalue weighted by Gasteiger charge is 2.57. The molecule has 0 bridgehead atoms. The Bertz CT molecular complexity index is 1760. The second-order valence-corrected chi connectivity index (χ2v) is 15.4. The Morgan fingerprint density at radius 3 is 1.90 bits per heavy atom. The maximum Gasteiger partial charge on any atom is 0.367 e. The van der Waals surface area contributed by atoms with Gasteiger partial charge in [-0.2, -0.15) is 0 Å². The highest BCUT2D eigenvalue weighted by molar-refractivity contribution is 8.12. The standard InChI is InChI=1S/C36H44O22S/c1-11(38)49-6-13-4-17-23-15(31(47)54-17)9-52-33(21(13)23)58-35-29(45)27(43)25(41)19(56-35)10-50-30(46)14-8-51-32(57-34-28(44)26(42)24(40)18(5-37)55-34)20-12(3-16(39)22(14)20)7-53-36(48)59-2/h3-4,8-9,16-29,32-35,37,39-45H,5-7,10H2,1-2H3/t16-,17-,18+,19+,20+,21+,22-,23-,24+,25+,26-,27-,28+,29+,32-,33-,34-,35-/m0/s1. The van der Waals surface area contributed by atoms with Crippen molar-refractivity contribution in [3.8, 4) is 0 Å². The number of aliphatic hydroxyl groups excluding tert-OH is 8. The number of hydrogen-bond acceptors (Lipinski definition) is 23. The zero-order valence-corrected chi connectivity index (χ0v) is 32.0. The zero-order chi connectivity index (χ0) is 42.4. The van der Waals surface area contributed by atoms with Gasteiger partial charge in [0.1, 0.15) is 74.8 Å². The van der Waals surface area contributed by atoms with Gasteiger partial charge in [0.25, 0.3) is 0 Å². The molecule has 3 fully saturated rings. The Kier molecular flexibility index (Phi) is 13.0. The fourth-order valence-corrected chi connectivity index (χ4v) is 8.39. The van der Waals surface area contributed by atoms with E-state index in [0.717, 1.165) is 24.3 Å². The number of hydrogen-bond donors (Lipinski definition) is 8.